The molecular weight excluding hydrogens is 266 g/mol. The van der Waals surface area contributed by atoms with Crippen LogP contribution in [0.2, 0.25) is 0 Å². The zero-order valence-electron chi connectivity index (χ0n) is 12.2. The van der Waals surface area contributed by atoms with E-state index in [1.165, 1.54) is 5.56 Å². The zero-order chi connectivity index (χ0) is 14.3. The molecule has 0 radical (unpaired) electrons. The molecule has 0 unspecified atom stereocenters. The van der Waals surface area contributed by atoms with Crippen molar-refractivity contribution in [1.29, 1.82) is 0 Å². The highest BCUT2D eigenvalue weighted by atomic mass is 32.1. The normalized spacial score (nSPS) is 15.2. The number of benzene rings is 1. The van der Waals surface area contributed by atoms with E-state index in [0.717, 1.165) is 34.0 Å². The van der Waals surface area contributed by atoms with Crippen LogP contribution >= 0.6 is 11.3 Å². The van der Waals surface area contributed by atoms with Gasteiger partial charge in [0.05, 0.1) is 0 Å². The summed E-state index contributed by atoms with van der Waals surface area (Å²) in [7, 11) is 0. The topological polar surface area (TPSA) is 30.0 Å². The molecular formula is C17H19NOS. The number of hydrogen-bond donors (Lipinski definition) is 0. The van der Waals surface area contributed by atoms with Crippen molar-refractivity contribution >= 4 is 17.1 Å². The standard InChI is InChI=1S/C17H19NOS/c1-17(2,3)12-9-7-11(8-10-12)16-18-15-13(19)5-4-6-14(15)20-16/h7-10H,4-6H2,1-3H3. The first-order valence-electron chi connectivity index (χ1n) is 7.09. The Morgan fingerprint density at radius 1 is 1.10 bits per heavy atom. The fourth-order valence-electron chi connectivity index (χ4n) is 2.50. The predicted octanol–water partition coefficient (Wildman–Crippen LogP) is 4.63. The molecule has 2 nitrogen and oxygen atoms in total. The van der Waals surface area contributed by atoms with Crippen molar-refractivity contribution in [3.63, 3.8) is 0 Å². The van der Waals surface area contributed by atoms with Gasteiger partial charge in [-0.1, -0.05) is 45.0 Å². The van der Waals surface area contributed by atoms with E-state index in [9.17, 15) is 4.79 Å². The van der Waals surface area contributed by atoms with Gasteiger partial charge >= 0.3 is 0 Å². The van der Waals surface area contributed by atoms with E-state index in [-0.39, 0.29) is 11.2 Å². The smallest absolute Gasteiger partial charge is 0.182 e. The molecule has 1 aromatic carbocycles. The summed E-state index contributed by atoms with van der Waals surface area (Å²) in [5.41, 5.74) is 3.32. The fraction of sp³-hybridized carbons (Fsp3) is 0.412. The summed E-state index contributed by atoms with van der Waals surface area (Å²) in [6.45, 7) is 6.63. The molecule has 0 saturated carbocycles. The van der Waals surface area contributed by atoms with Crippen LogP contribution in [0.3, 0.4) is 0 Å². The van der Waals surface area contributed by atoms with Crippen LogP contribution in [0.1, 0.15) is 54.5 Å². The molecule has 0 amide bonds. The Kier molecular flexibility index (Phi) is 3.25. The highest BCUT2D eigenvalue weighted by Crippen LogP contribution is 2.33. The number of nitrogens with zero attached hydrogens (tertiary/aromatic N) is 1. The summed E-state index contributed by atoms with van der Waals surface area (Å²) in [5, 5.41) is 0.978. The first kappa shape index (κ1) is 13.5. The van der Waals surface area contributed by atoms with Crippen molar-refractivity contribution in [1.82, 2.24) is 4.98 Å². The first-order valence-corrected chi connectivity index (χ1v) is 7.90. The Balaban J connectivity index is 1.96. The van der Waals surface area contributed by atoms with Gasteiger partial charge in [0, 0.05) is 16.9 Å². The van der Waals surface area contributed by atoms with Crippen LogP contribution in [0.5, 0.6) is 0 Å². The van der Waals surface area contributed by atoms with Crippen molar-refractivity contribution in [2.45, 2.75) is 45.4 Å². The van der Waals surface area contributed by atoms with E-state index in [1.54, 1.807) is 11.3 Å². The van der Waals surface area contributed by atoms with Gasteiger partial charge in [-0.15, -0.1) is 11.3 Å². The van der Waals surface area contributed by atoms with E-state index in [1.807, 2.05) is 0 Å². The van der Waals surface area contributed by atoms with Crippen LogP contribution < -0.4 is 0 Å². The maximum Gasteiger partial charge on any atom is 0.182 e. The molecule has 104 valence electrons. The average Bonchev–Trinajstić information content (AvgIpc) is 2.83. The monoisotopic (exact) mass is 285 g/mol. The Morgan fingerprint density at radius 2 is 1.80 bits per heavy atom. The van der Waals surface area contributed by atoms with E-state index < -0.39 is 0 Å². The fourth-order valence-corrected chi connectivity index (χ4v) is 3.63. The zero-order valence-corrected chi connectivity index (χ0v) is 13.0. The second-order valence-corrected chi connectivity index (χ2v) is 7.48. The van der Waals surface area contributed by atoms with Crippen LogP contribution in [0.4, 0.5) is 0 Å². The molecule has 0 spiro atoms. The maximum atomic E-state index is 11.9. The lowest BCUT2D eigenvalue weighted by atomic mass is 9.87. The van der Waals surface area contributed by atoms with Gasteiger partial charge in [-0.3, -0.25) is 4.79 Å². The lowest BCUT2D eigenvalue weighted by Crippen LogP contribution is -2.10. The molecule has 0 saturated heterocycles. The van der Waals surface area contributed by atoms with Gasteiger partial charge in [0.15, 0.2) is 5.78 Å². The predicted molar refractivity (Wildman–Crippen MR) is 83.5 cm³/mol. The van der Waals surface area contributed by atoms with E-state index in [2.05, 4.69) is 50.0 Å². The van der Waals surface area contributed by atoms with Crippen LogP contribution in [-0.2, 0) is 11.8 Å². The Hall–Kier alpha value is -1.48. The lowest BCUT2D eigenvalue weighted by Gasteiger charge is -2.18. The van der Waals surface area contributed by atoms with Gasteiger partial charge in [0.1, 0.15) is 10.7 Å². The molecule has 3 heteroatoms. The van der Waals surface area contributed by atoms with Crippen LogP contribution in [-0.4, -0.2) is 10.8 Å². The van der Waals surface area contributed by atoms with Crippen molar-refractivity contribution in [2.75, 3.05) is 0 Å². The Morgan fingerprint density at radius 3 is 2.40 bits per heavy atom. The molecule has 3 rings (SSSR count). The lowest BCUT2D eigenvalue weighted by molar-refractivity contribution is 0.0968. The minimum atomic E-state index is 0.163. The van der Waals surface area contributed by atoms with Gasteiger partial charge in [-0.25, -0.2) is 4.98 Å². The molecule has 0 fully saturated rings. The van der Waals surface area contributed by atoms with Crippen molar-refractivity contribution < 1.29 is 4.79 Å². The molecule has 2 aromatic rings. The number of Topliss-reactive ketones (excluding diaryl/α,β-unsaturated/α-hetero) is 1. The molecule has 1 aliphatic rings. The van der Waals surface area contributed by atoms with E-state index >= 15 is 0 Å². The summed E-state index contributed by atoms with van der Waals surface area (Å²) < 4.78 is 0. The molecule has 0 atom stereocenters. The summed E-state index contributed by atoms with van der Waals surface area (Å²) in [6, 6.07) is 8.57. The molecule has 0 N–H and O–H groups in total. The minimum absolute atomic E-state index is 0.163. The number of hydrogen-bond acceptors (Lipinski definition) is 3. The van der Waals surface area contributed by atoms with Crippen molar-refractivity contribution in [2.24, 2.45) is 0 Å². The van der Waals surface area contributed by atoms with Gasteiger partial charge in [-0.2, -0.15) is 0 Å². The Labute approximate surface area is 123 Å². The SMILES string of the molecule is CC(C)(C)c1ccc(-c2nc3c(s2)CCCC3=O)cc1. The second-order valence-electron chi connectivity index (χ2n) is 6.39. The van der Waals surface area contributed by atoms with Gasteiger partial charge < -0.3 is 0 Å². The average molecular weight is 285 g/mol. The quantitative estimate of drug-likeness (QED) is 0.765. The van der Waals surface area contributed by atoms with Crippen molar-refractivity contribution in [3.05, 3.63) is 40.4 Å². The third-order valence-corrected chi connectivity index (χ3v) is 4.93. The van der Waals surface area contributed by atoms with Crippen LogP contribution in [0.15, 0.2) is 24.3 Å². The van der Waals surface area contributed by atoms with Crippen molar-refractivity contribution in [3.8, 4) is 10.6 Å². The van der Waals surface area contributed by atoms with Gasteiger partial charge in [0.25, 0.3) is 0 Å². The van der Waals surface area contributed by atoms with Gasteiger partial charge in [-0.05, 0) is 23.8 Å². The molecule has 1 aromatic heterocycles. The molecule has 0 aliphatic heterocycles. The Bertz CT molecular complexity index is 647. The minimum Gasteiger partial charge on any atom is -0.292 e. The van der Waals surface area contributed by atoms with Crippen LogP contribution in [0.25, 0.3) is 10.6 Å². The van der Waals surface area contributed by atoms with Gasteiger partial charge in [0.2, 0.25) is 0 Å². The molecule has 0 bridgehead atoms. The number of aryl methyl sites for hydroxylation is 1. The summed E-state index contributed by atoms with van der Waals surface area (Å²) in [6.07, 6.45) is 2.62. The molecule has 20 heavy (non-hydrogen) atoms. The van der Waals surface area contributed by atoms with E-state index in [0.29, 0.717) is 6.42 Å². The summed E-state index contributed by atoms with van der Waals surface area (Å²) in [4.78, 5) is 17.6. The molecule has 1 heterocycles. The number of thiazole rings is 1. The summed E-state index contributed by atoms with van der Waals surface area (Å²) in [5.74, 6) is 0.208. The number of aromatic nitrogens is 1. The highest BCUT2D eigenvalue weighted by Gasteiger charge is 2.22. The number of rotatable bonds is 1. The maximum absolute atomic E-state index is 11.9. The number of carbonyl (C=O) groups excluding carboxylic acids is 1. The van der Waals surface area contributed by atoms with E-state index in [4.69, 9.17) is 0 Å². The second kappa shape index (κ2) is 4.81. The first-order chi connectivity index (χ1) is 9.45. The largest absolute Gasteiger partial charge is 0.292 e. The highest BCUT2D eigenvalue weighted by molar-refractivity contribution is 7.15. The summed E-state index contributed by atoms with van der Waals surface area (Å²) >= 11 is 1.67. The number of ketones is 1. The third-order valence-electron chi connectivity index (χ3n) is 3.77. The number of fused-ring (bicyclic) bond motifs is 1. The molecule has 1 aliphatic carbocycles. The third kappa shape index (κ3) is 2.42. The van der Waals surface area contributed by atoms with Crippen LogP contribution in [0, 0.1) is 0 Å². The number of carbonyl (C=O) groups is 1.